The maximum absolute atomic E-state index is 6.22. The Morgan fingerprint density at radius 2 is 2.19 bits per heavy atom. The van der Waals surface area contributed by atoms with Gasteiger partial charge in [-0.05, 0) is 49.9 Å². The van der Waals surface area contributed by atoms with Crippen molar-refractivity contribution in [3.05, 3.63) is 34.5 Å². The van der Waals surface area contributed by atoms with E-state index < -0.39 is 0 Å². The average Bonchev–Trinajstić information content (AvgIpc) is 2.74. The van der Waals surface area contributed by atoms with Crippen LogP contribution in [-0.2, 0) is 6.42 Å². The van der Waals surface area contributed by atoms with Gasteiger partial charge in [0.05, 0.1) is 11.3 Å². The first-order valence-corrected chi connectivity index (χ1v) is 5.97. The van der Waals surface area contributed by atoms with Crippen molar-refractivity contribution in [1.82, 2.24) is 0 Å². The van der Waals surface area contributed by atoms with Crippen molar-refractivity contribution in [2.45, 2.75) is 26.2 Å². The standard InChI is InChI=1S/C13H16ClNO/c1-9-8-10(4-2-3-6-15)13-11(12(9)14)5-7-16-13/h5,7-8H,2-4,6,15H2,1H3. The SMILES string of the molecule is Cc1cc(CCCCN)c2occc2c1Cl. The van der Waals surface area contributed by atoms with Gasteiger partial charge < -0.3 is 10.2 Å². The van der Waals surface area contributed by atoms with Crippen molar-refractivity contribution in [2.24, 2.45) is 5.73 Å². The van der Waals surface area contributed by atoms with Crippen LogP contribution in [0.4, 0.5) is 0 Å². The number of rotatable bonds is 4. The fourth-order valence-corrected chi connectivity index (χ4v) is 2.18. The van der Waals surface area contributed by atoms with E-state index in [2.05, 4.69) is 6.07 Å². The summed E-state index contributed by atoms with van der Waals surface area (Å²) in [7, 11) is 0. The van der Waals surface area contributed by atoms with Gasteiger partial charge in [0.2, 0.25) is 0 Å². The number of benzene rings is 1. The van der Waals surface area contributed by atoms with Crippen molar-refractivity contribution < 1.29 is 4.42 Å². The molecule has 0 atom stereocenters. The van der Waals surface area contributed by atoms with Crippen LogP contribution in [0.25, 0.3) is 11.0 Å². The van der Waals surface area contributed by atoms with E-state index in [-0.39, 0.29) is 0 Å². The minimum atomic E-state index is 0.744. The molecule has 0 spiro atoms. The van der Waals surface area contributed by atoms with Crippen molar-refractivity contribution in [3.8, 4) is 0 Å². The molecule has 86 valence electrons. The molecule has 0 aliphatic carbocycles. The highest BCUT2D eigenvalue weighted by atomic mass is 35.5. The van der Waals surface area contributed by atoms with Gasteiger partial charge in [0.15, 0.2) is 0 Å². The second-order valence-electron chi connectivity index (χ2n) is 4.08. The fourth-order valence-electron chi connectivity index (χ4n) is 1.98. The summed E-state index contributed by atoms with van der Waals surface area (Å²) in [6.07, 6.45) is 4.83. The smallest absolute Gasteiger partial charge is 0.138 e. The molecule has 0 aliphatic heterocycles. The molecule has 0 fully saturated rings. The molecule has 0 unspecified atom stereocenters. The lowest BCUT2D eigenvalue weighted by Crippen LogP contribution is -1.99. The average molecular weight is 238 g/mol. The lowest BCUT2D eigenvalue weighted by molar-refractivity contribution is 0.608. The normalized spacial score (nSPS) is 11.2. The highest BCUT2D eigenvalue weighted by molar-refractivity contribution is 6.36. The van der Waals surface area contributed by atoms with Crippen LogP contribution in [0.1, 0.15) is 24.0 Å². The molecule has 3 heteroatoms. The van der Waals surface area contributed by atoms with Gasteiger partial charge in [-0.2, -0.15) is 0 Å². The van der Waals surface area contributed by atoms with E-state index in [0.717, 1.165) is 47.4 Å². The lowest BCUT2D eigenvalue weighted by atomic mass is 10.0. The summed E-state index contributed by atoms with van der Waals surface area (Å²) in [6, 6.07) is 4.04. The lowest BCUT2D eigenvalue weighted by Gasteiger charge is -2.06. The molecule has 16 heavy (non-hydrogen) atoms. The van der Waals surface area contributed by atoms with E-state index in [9.17, 15) is 0 Å². The van der Waals surface area contributed by atoms with Crippen molar-refractivity contribution in [2.75, 3.05) is 6.54 Å². The minimum absolute atomic E-state index is 0.744. The highest BCUT2D eigenvalue weighted by Gasteiger charge is 2.10. The molecule has 0 saturated carbocycles. The van der Waals surface area contributed by atoms with Crippen LogP contribution < -0.4 is 5.73 Å². The van der Waals surface area contributed by atoms with Gasteiger partial charge in [-0.15, -0.1) is 0 Å². The summed E-state index contributed by atoms with van der Waals surface area (Å²) >= 11 is 6.22. The van der Waals surface area contributed by atoms with Crippen LogP contribution in [0.2, 0.25) is 5.02 Å². The Bertz CT molecular complexity index is 490. The molecule has 0 radical (unpaired) electrons. The second kappa shape index (κ2) is 4.89. The third-order valence-electron chi connectivity index (χ3n) is 2.83. The van der Waals surface area contributed by atoms with Gasteiger partial charge in [0, 0.05) is 5.39 Å². The topological polar surface area (TPSA) is 39.2 Å². The summed E-state index contributed by atoms with van der Waals surface area (Å²) in [5, 5.41) is 1.82. The van der Waals surface area contributed by atoms with Crippen LogP contribution in [0, 0.1) is 6.92 Å². The third-order valence-corrected chi connectivity index (χ3v) is 3.33. The number of unbranched alkanes of at least 4 members (excludes halogenated alkanes) is 1. The Kier molecular flexibility index (Phi) is 3.52. The van der Waals surface area contributed by atoms with E-state index in [0.29, 0.717) is 0 Å². The molecule has 0 bridgehead atoms. The van der Waals surface area contributed by atoms with E-state index >= 15 is 0 Å². The number of aryl methyl sites for hydroxylation is 2. The van der Waals surface area contributed by atoms with Gasteiger partial charge in [-0.3, -0.25) is 0 Å². The third kappa shape index (κ3) is 2.08. The second-order valence-corrected chi connectivity index (χ2v) is 4.45. The molecule has 1 aromatic carbocycles. The zero-order chi connectivity index (χ0) is 11.5. The predicted octanol–water partition coefficient (Wildman–Crippen LogP) is 3.68. The monoisotopic (exact) mass is 237 g/mol. The predicted molar refractivity (Wildman–Crippen MR) is 68.0 cm³/mol. The van der Waals surface area contributed by atoms with Crippen LogP contribution >= 0.6 is 11.6 Å². The zero-order valence-electron chi connectivity index (χ0n) is 9.42. The summed E-state index contributed by atoms with van der Waals surface area (Å²) in [5.74, 6) is 0. The van der Waals surface area contributed by atoms with Crippen LogP contribution in [0.15, 0.2) is 22.8 Å². The van der Waals surface area contributed by atoms with Crippen molar-refractivity contribution in [1.29, 1.82) is 0 Å². The first-order valence-electron chi connectivity index (χ1n) is 5.59. The Balaban J connectivity index is 2.37. The Hall–Kier alpha value is -0.990. The van der Waals surface area contributed by atoms with E-state index in [1.54, 1.807) is 6.26 Å². The Labute approximate surface area is 100 Å². The Morgan fingerprint density at radius 1 is 1.38 bits per heavy atom. The molecule has 1 aromatic heterocycles. The van der Waals surface area contributed by atoms with E-state index in [1.165, 1.54) is 5.56 Å². The van der Waals surface area contributed by atoms with Gasteiger partial charge in [-0.25, -0.2) is 0 Å². The van der Waals surface area contributed by atoms with E-state index in [4.69, 9.17) is 21.8 Å². The summed E-state index contributed by atoms with van der Waals surface area (Å²) in [6.45, 7) is 2.77. The Morgan fingerprint density at radius 3 is 2.94 bits per heavy atom. The van der Waals surface area contributed by atoms with Crippen LogP contribution in [0.5, 0.6) is 0 Å². The largest absolute Gasteiger partial charge is 0.464 e. The maximum Gasteiger partial charge on any atom is 0.138 e. The molecule has 0 aliphatic rings. The van der Waals surface area contributed by atoms with Gasteiger partial charge in [0.25, 0.3) is 0 Å². The first-order chi connectivity index (χ1) is 7.74. The molecular weight excluding hydrogens is 222 g/mol. The van der Waals surface area contributed by atoms with Gasteiger partial charge in [-0.1, -0.05) is 17.7 Å². The number of hydrogen-bond donors (Lipinski definition) is 1. The van der Waals surface area contributed by atoms with Crippen molar-refractivity contribution >= 4 is 22.6 Å². The number of furan rings is 1. The van der Waals surface area contributed by atoms with Crippen LogP contribution in [0.3, 0.4) is 0 Å². The van der Waals surface area contributed by atoms with E-state index in [1.807, 2.05) is 13.0 Å². The van der Waals surface area contributed by atoms with Gasteiger partial charge >= 0.3 is 0 Å². The quantitative estimate of drug-likeness (QED) is 0.824. The number of halogens is 1. The number of nitrogens with two attached hydrogens (primary N) is 1. The molecule has 0 amide bonds. The number of hydrogen-bond acceptors (Lipinski definition) is 2. The van der Waals surface area contributed by atoms with Gasteiger partial charge in [0.1, 0.15) is 5.58 Å². The summed E-state index contributed by atoms with van der Waals surface area (Å²) in [5.41, 5.74) is 8.76. The molecule has 2 nitrogen and oxygen atoms in total. The molecule has 2 rings (SSSR count). The fraction of sp³-hybridized carbons (Fsp3) is 0.385. The zero-order valence-corrected chi connectivity index (χ0v) is 10.2. The first kappa shape index (κ1) is 11.5. The molecule has 2 N–H and O–H groups in total. The number of fused-ring (bicyclic) bond motifs is 1. The molecule has 2 aromatic rings. The summed E-state index contributed by atoms with van der Waals surface area (Å²) in [4.78, 5) is 0. The molecule has 1 heterocycles. The van der Waals surface area contributed by atoms with Crippen LogP contribution in [-0.4, -0.2) is 6.54 Å². The maximum atomic E-state index is 6.22. The minimum Gasteiger partial charge on any atom is -0.464 e. The highest BCUT2D eigenvalue weighted by Crippen LogP contribution is 2.31. The molecular formula is C13H16ClNO. The molecule has 0 saturated heterocycles. The van der Waals surface area contributed by atoms with Crippen molar-refractivity contribution in [3.63, 3.8) is 0 Å². The summed E-state index contributed by atoms with van der Waals surface area (Å²) < 4.78 is 5.50.